The molecule has 2 aromatic rings. The van der Waals surface area contributed by atoms with Crippen LogP contribution in [0.1, 0.15) is 10.4 Å². The highest BCUT2D eigenvalue weighted by Crippen LogP contribution is 2.41. The fraction of sp³-hybridized carbons (Fsp3) is 0.350. The molecule has 0 spiro atoms. The highest BCUT2D eigenvalue weighted by Gasteiger charge is 2.21. The molecule has 0 atom stereocenters. The van der Waals surface area contributed by atoms with Crippen molar-refractivity contribution in [3.63, 3.8) is 0 Å². The van der Waals surface area contributed by atoms with Gasteiger partial charge in [-0.05, 0) is 42.1 Å². The predicted octanol–water partition coefficient (Wildman–Crippen LogP) is 3.30. The first-order chi connectivity index (χ1) is 14.7. The second-order valence-corrected chi connectivity index (χ2v) is 6.91. The second-order valence-electron chi connectivity index (χ2n) is 5.86. The number of hydrogen-bond acceptors (Lipinski definition) is 10. The van der Waals surface area contributed by atoms with Crippen molar-refractivity contribution in [2.24, 2.45) is 0 Å². The number of rotatable bonds is 11. The molecule has 0 aromatic heterocycles. The molecular formula is C20H22O9S. The van der Waals surface area contributed by atoms with E-state index < -0.39 is 0 Å². The molecule has 0 N–H and O–H groups in total. The number of carbonyl (C=O) groups excluding carboxylic acids is 1. The summed E-state index contributed by atoms with van der Waals surface area (Å²) in [6.07, 6.45) is 0. The van der Waals surface area contributed by atoms with E-state index in [0.29, 0.717) is 22.0 Å². The number of thioether (sulfide) groups is 1. The van der Waals surface area contributed by atoms with Gasteiger partial charge in [0.15, 0.2) is 43.4 Å². The summed E-state index contributed by atoms with van der Waals surface area (Å²) in [6.45, 7) is 0.0483. The second kappa shape index (κ2) is 10.9. The van der Waals surface area contributed by atoms with Gasteiger partial charge in [-0.1, -0.05) is 0 Å². The van der Waals surface area contributed by atoms with Crippen LogP contribution in [0.4, 0.5) is 0 Å². The summed E-state index contributed by atoms with van der Waals surface area (Å²) in [4.78, 5) is 13.7. The van der Waals surface area contributed by atoms with Crippen LogP contribution in [-0.2, 0) is 14.2 Å². The first-order valence-corrected chi connectivity index (χ1v) is 9.63. The molecule has 2 aromatic carbocycles. The Balaban J connectivity index is 1.88. The lowest BCUT2D eigenvalue weighted by atomic mass is 10.2. The lowest BCUT2D eigenvalue weighted by molar-refractivity contribution is 0.0217. The average molecular weight is 438 g/mol. The molecule has 0 unspecified atom stereocenters. The molecule has 162 valence electrons. The summed E-state index contributed by atoms with van der Waals surface area (Å²) >= 11 is 1.04. The number of carbonyl (C=O) groups is 1. The van der Waals surface area contributed by atoms with Crippen molar-refractivity contribution in [1.29, 1.82) is 0 Å². The summed E-state index contributed by atoms with van der Waals surface area (Å²) in [7, 11) is 4.47. The van der Waals surface area contributed by atoms with Crippen molar-refractivity contribution in [3.05, 3.63) is 35.9 Å². The highest BCUT2D eigenvalue weighted by atomic mass is 32.2. The molecule has 30 heavy (non-hydrogen) atoms. The first kappa shape index (κ1) is 22.0. The van der Waals surface area contributed by atoms with Crippen LogP contribution in [-0.4, -0.2) is 53.6 Å². The van der Waals surface area contributed by atoms with E-state index in [0.717, 1.165) is 11.8 Å². The van der Waals surface area contributed by atoms with E-state index >= 15 is 0 Å². The normalized spacial score (nSPS) is 12.0. The van der Waals surface area contributed by atoms with Gasteiger partial charge in [-0.25, -0.2) is 0 Å². The van der Waals surface area contributed by atoms with Crippen LogP contribution in [0.2, 0.25) is 0 Å². The molecule has 1 heterocycles. The average Bonchev–Trinajstić information content (AvgIpc) is 3.22. The SMILES string of the molecule is COCOc1cc(C(=O)Sc2ccc3c(c2)OCO3)cc(OCOC)c1OCOC. The van der Waals surface area contributed by atoms with Crippen molar-refractivity contribution in [3.8, 4) is 28.7 Å². The summed E-state index contributed by atoms with van der Waals surface area (Å²) in [6, 6.07) is 8.43. The summed E-state index contributed by atoms with van der Waals surface area (Å²) < 4.78 is 42.3. The monoisotopic (exact) mass is 438 g/mol. The fourth-order valence-corrected chi connectivity index (χ4v) is 3.27. The van der Waals surface area contributed by atoms with Gasteiger partial charge < -0.3 is 37.9 Å². The van der Waals surface area contributed by atoms with Crippen LogP contribution in [0.5, 0.6) is 28.7 Å². The molecule has 10 heteroatoms. The van der Waals surface area contributed by atoms with Crippen LogP contribution in [0.15, 0.2) is 35.2 Å². The fourth-order valence-electron chi connectivity index (χ4n) is 2.52. The van der Waals surface area contributed by atoms with Gasteiger partial charge in [0.2, 0.25) is 17.7 Å². The van der Waals surface area contributed by atoms with Crippen LogP contribution in [0.25, 0.3) is 0 Å². The maximum atomic E-state index is 12.9. The summed E-state index contributed by atoms with van der Waals surface area (Å²) in [5.41, 5.74) is 0.347. The Hall–Kier alpha value is -2.66. The van der Waals surface area contributed by atoms with Gasteiger partial charge >= 0.3 is 0 Å². The number of hydrogen-bond donors (Lipinski definition) is 0. The number of methoxy groups -OCH3 is 3. The highest BCUT2D eigenvalue weighted by molar-refractivity contribution is 8.14. The minimum Gasteiger partial charge on any atom is -0.463 e. The van der Waals surface area contributed by atoms with E-state index in [2.05, 4.69) is 0 Å². The van der Waals surface area contributed by atoms with Crippen molar-refractivity contribution in [2.75, 3.05) is 48.5 Å². The third kappa shape index (κ3) is 5.48. The number of ether oxygens (including phenoxy) is 8. The molecule has 0 saturated carbocycles. The molecule has 3 rings (SSSR count). The Morgan fingerprint density at radius 1 is 0.867 bits per heavy atom. The van der Waals surface area contributed by atoms with Crippen LogP contribution >= 0.6 is 11.8 Å². The zero-order valence-electron chi connectivity index (χ0n) is 16.8. The molecule has 1 aliphatic heterocycles. The summed E-state index contributed by atoms with van der Waals surface area (Å²) in [5, 5.41) is -0.225. The van der Waals surface area contributed by atoms with E-state index in [9.17, 15) is 4.79 Å². The quantitative estimate of drug-likeness (QED) is 0.384. The molecule has 1 aliphatic rings. The zero-order valence-corrected chi connectivity index (χ0v) is 17.6. The predicted molar refractivity (Wildman–Crippen MR) is 107 cm³/mol. The third-order valence-corrected chi connectivity index (χ3v) is 4.71. The Morgan fingerprint density at radius 2 is 1.47 bits per heavy atom. The Bertz CT molecular complexity index is 842. The van der Waals surface area contributed by atoms with E-state index in [-0.39, 0.29) is 49.5 Å². The van der Waals surface area contributed by atoms with Crippen LogP contribution in [0, 0.1) is 0 Å². The molecule has 0 aliphatic carbocycles. The Morgan fingerprint density at radius 3 is 2.10 bits per heavy atom. The van der Waals surface area contributed by atoms with Gasteiger partial charge in [0.1, 0.15) is 0 Å². The molecule has 0 bridgehead atoms. The standard InChI is InChI=1S/C20H22O9S/c1-22-9-25-17-6-13(7-18(26-10-23-2)19(17)29-11-24-3)20(21)30-14-4-5-15-16(8-14)28-12-27-15/h4-8H,9-12H2,1-3H3. The van der Waals surface area contributed by atoms with Gasteiger partial charge in [0.25, 0.3) is 0 Å². The van der Waals surface area contributed by atoms with Gasteiger partial charge in [-0.15, -0.1) is 0 Å². The number of fused-ring (bicyclic) bond motifs is 1. The van der Waals surface area contributed by atoms with E-state index in [1.807, 2.05) is 0 Å². The van der Waals surface area contributed by atoms with Gasteiger partial charge in [-0.3, -0.25) is 4.79 Å². The van der Waals surface area contributed by atoms with Crippen molar-refractivity contribution in [2.45, 2.75) is 4.90 Å². The molecule has 0 saturated heterocycles. The molecular weight excluding hydrogens is 416 g/mol. The lowest BCUT2D eigenvalue weighted by Crippen LogP contribution is -2.09. The van der Waals surface area contributed by atoms with Gasteiger partial charge in [0.05, 0.1) is 0 Å². The van der Waals surface area contributed by atoms with Crippen LogP contribution in [0.3, 0.4) is 0 Å². The molecule has 0 radical (unpaired) electrons. The first-order valence-electron chi connectivity index (χ1n) is 8.81. The zero-order chi connectivity index (χ0) is 21.3. The smallest absolute Gasteiger partial charge is 0.231 e. The maximum Gasteiger partial charge on any atom is 0.231 e. The van der Waals surface area contributed by atoms with Crippen molar-refractivity contribution in [1.82, 2.24) is 0 Å². The molecule has 9 nitrogen and oxygen atoms in total. The van der Waals surface area contributed by atoms with Crippen LogP contribution < -0.4 is 23.7 Å². The van der Waals surface area contributed by atoms with E-state index in [4.69, 9.17) is 37.9 Å². The minimum absolute atomic E-state index is 0.0358. The maximum absolute atomic E-state index is 12.9. The Labute approximate surface area is 178 Å². The summed E-state index contributed by atoms with van der Waals surface area (Å²) in [5.74, 6) is 2.08. The molecule has 0 amide bonds. The Kier molecular flexibility index (Phi) is 8.03. The van der Waals surface area contributed by atoms with E-state index in [1.165, 1.54) is 21.3 Å². The van der Waals surface area contributed by atoms with E-state index in [1.54, 1.807) is 30.3 Å². The van der Waals surface area contributed by atoms with Crippen molar-refractivity contribution < 1.29 is 42.7 Å². The van der Waals surface area contributed by atoms with Crippen molar-refractivity contribution >= 4 is 16.9 Å². The minimum atomic E-state index is -0.225. The topological polar surface area (TPSA) is 90.9 Å². The third-order valence-electron chi connectivity index (χ3n) is 3.80. The number of benzene rings is 2. The van der Waals surface area contributed by atoms with Gasteiger partial charge in [0, 0.05) is 31.8 Å². The molecule has 0 fully saturated rings. The van der Waals surface area contributed by atoms with Gasteiger partial charge in [-0.2, -0.15) is 0 Å². The lowest BCUT2D eigenvalue weighted by Gasteiger charge is -2.17. The largest absolute Gasteiger partial charge is 0.463 e.